The van der Waals surface area contributed by atoms with Gasteiger partial charge in [0.15, 0.2) is 0 Å². The molecular formula is C8H10ClNS. The lowest BCUT2D eigenvalue weighted by atomic mass is 10.3. The van der Waals surface area contributed by atoms with Gasteiger partial charge in [0, 0.05) is 23.0 Å². The maximum Gasteiger partial charge on any atom is 0.0426 e. The van der Waals surface area contributed by atoms with Crippen molar-refractivity contribution < 1.29 is 0 Å². The van der Waals surface area contributed by atoms with Gasteiger partial charge in [-0.05, 0) is 18.2 Å². The van der Waals surface area contributed by atoms with Gasteiger partial charge in [0.05, 0.1) is 0 Å². The summed E-state index contributed by atoms with van der Waals surface area (Å²) in [6.07, 6.45) is 0. The second-order valence-corrected chi connectivity index (χ2v) is 3.04. The molecule has 0 radical (unpaired) electrons. The van der Waals surface area contributed by atoms with Crippen molar-refractivity contribution in [3.63, 3.8) is 0 Å². The summed E-state index contributed by atoms with van der Waals surface area (Å²) in [5.74, 6) is 0.826. The summed E-state index contributed by atoms with van der Waals surface area (Å²) in [4.78, 5) is 0. The molecule has 1 aromatic rings. The summed E-state index contributed by atoms with van der Waals surface area (Å²) >= 11 is 9.85. The Balaban J connectivity index is 2.56. The van der Waals surface area contributed by atoms with E-state index in [4.69, 9.17) is 11.6 Å². The Morgan fingerprint density at radius 2 is 2.27 bits per heavy atom. The van der Waals surface area contributed by atoms with E-state index >= 15 is 0 Å². The molecule has 0 aromatic heterocycles. The fraction of sp³-hybridized carbons (Fsp3) is 0.250. The van der Waals surface area contributed by atoms with Crippen molar-refractivity contribution in [3.8, 4) is 0 Å². The van der Waals surface area contributed by atoms with Gasteiger partial charge in [-0.1, -0.05) is 17.7 Å². The van der Waals surface area contributed by atoms with Crippen LogP contribution in [0.3, 0.4) is 0 Å². The van der Waals surface area contributed by atoms with E-state index in [2.05, 4.69) is 17.9 Å². The zero-order valence-electron chi connectivity index (χ0n) is 6.05. The Morgan fingerprint density at radius 1 is 1.45 bits per heavy atom. The Kier molecular flexibility index (Phi) is 3.60. The van der Waals surface area contributed by atoms with E-state index in [1.807, 2.05) is 24.3 Å². The van der Waals surface area contributed by atoms with Crippen LogP contribution in [0, 0.1) is 0 Å². The molecule has 0 amide bonds. The molecule has 0 spiro atoms. The Bertz CT molecular complexity index is 227. The van der Waals surface area contributed by atoms with Gasteiger partial charge < -0.3 is 5.32 Å². The molecule has 0 heterocycles. The van der Waals surface area contributed by atoms with Crippen LogP contribution < -0.4 is 5.32 Å². The Labute approximate surface area is 77.2 Å². The molecule has 60 valence electrons. The third kappa shape index (κ3) is 3.04. The van der Waals surface area contributed by atoms with Crippen LogP contribution in [0.15, 0.2) is 24.3 Å². The van der Waals surface area contributed by atoms with Gasteiger partial charge in [-0.2, -0.15) is 12.6 Å². The lowest BCUT2D eigenvalue weighted by Gasteiger charge is -2.03. The van der Waals surface area contributed by atoms with Crippen LogP contribution in [-0.4, -0.2) is 12.3 Å². The molecule has 0 fully saturated rings. The third-order valence-corrected chi connectivity index (χ3v) is 1.72. The average Bonchev–Trinajstić information content (AvgIpc) is 2.01. The summed E-state index contributed by atoms with van der Waals surface area (Å²) in [7, 11) is 0. The first-order valence-corrected chi connectivity index (χ1v) is 4.44. The van der Waals surface area contributed by atoms with E-state index in [0.29, 0.717) is 0 Å². The molecular weight excluding hydrogens is 178 g/mol. The van der Waals surface area contributed by atoms with E-state index < -0.39 is 0 Å². The van der Waals surface area contributed by atoms with Gasteiger partial charge in [-0.15, -0.1) is 0 Å². The fourth-order valence-corrected chi connectivity index (χ4v) is 1.10. The smallest absolute Gasteiger partial charge is 0.0426 e. The number of hydrogen-bond donors (Lipinski definition) is 2. The van der Waals surface area contributed by atoms with Crippen molar-refractivity contribution >= 4 is 29.9 Å². The topological polar surface area (TPSA) is 12.0 Å². The van der Waals surface area contributed by atoms with E-state index in [-0.39, 0.29) is 0 Å². The predicted octanol–water partition coefficient (Wildman–Crippen LogP) is 2.68. The molecule has 11 heavy (non-hydrogen) atoms. The number of thiol groups is 1. The second kappa shape index (κ2) is 4.52. The van der Waals surface area contributed by atoms with Crippen molar-refractivity contribution in [3.05, 3.63) is 29.3 Å². The number of halogens is 1. The first-order valence-electron chi connectivity index (χ1n) is 3.43. The number of hydrogen-bond acceptors (Lipinski definition) is 2. The largest absolute Gasteiger partial charge is 0.384 e. The SMILES string of the molecule is SCCNc1cccc(Cl)c1. The molecule has 3 heteroatoms. The molecule has 0 aliphatic carbocycles. The molecule has 1 rings (SSSR count). The minimum atomic E-state index is 0.758. The van der Waals surface area contributed by atoms with Gasteiger partial charge in [-0.25, -0.2) is 0 Å². The standard InChI is InChI=1S/C8H10ClNS/c9-7-2-1-3-8(6-7)10-4-5-11/h1-3,6,10-11H,4-5H2. The van der Waals surface area contributed by atoms with Gasteiger partial charge in [0.1, 0.15) is 0 Å². The maximum absolute atomic E-state index is 5.76. The molecule has 0 aliphatic heterocycles. The number of rotatable bonds is 3. The van der Waals surface area contributed by atoms with Gasteiger partial charge in [0.25, 0.3) is 0 Å². The third-order valence-electron chi connectivity index (χ3n) is 1.27. The molecule has 0 atom stereocenters. The highest BCUT2D eigenvalue weighted by Crippen LogP contribution is 2.14. The molecule has 1 nitrogen and oxygen atoms in total. The minimum absolute atomic E-state index is 0.758. The van der Waals surface area contributed by atoms with Crippen LogP contribution in [0.5, 0.6) is 0 Å². The van der Waals surface area contributed by atoms with Crippen molar-refractivity contribution in [1.29, 1.82) is 0 Å². The van der Waals surface area contributed by atoms with Crippen LogP contribution in [0.4, 0.5) is 5.69 Å². The lowest BCUT2D eigenvalue weighted by molar-refractivity contribution is 1.23. The summed E-state index contributed by atoms with van der Waals surface area (Å²) in [6, 6.07) is 7.65. The summed E-state index contributed by atoms with van der Waals surface area (Å²) in [5.41, 5.74) is 1.05. The molecule has 0 saturated carbocycles. The Morgan fingerprint density at radius 3 is 2.91 bits per heavy atom. The van der Waals surface area contributed by atoms with Crippen LogP contribution in [0.25, 0.3) is 0 Å². The van der Waals surface area contributed by atoms with Gasteiger partial charge in [0.2, 0.25) is 0 Å². The lowest BCUT2D eigenvalue weighted by Crippen LogP contribution is -2.01. The van der Waals surface area contributed by atoms with Crippen molar-refractivity contribution in [2.75, 3.05) is 17.6 Å². The molecule has 0 aliphatic rings. The number of nitrogens with one attached hydrogen (secondary N) is 1. The highest BCUT2D eigenvalue weighted by atomic mass is 35.5. The van der Waals surface area contributed by atoms with Crippen molar-refractivity contribution in [2.45, 2.75) is 0 Å². The molecule has 0 bridgehead atoms. The van der Waals surface area contributed by atoms with Crippen LogP contribution in [-0.2, 0) is 0 Å². The normalized spacial score (nSPS) is 9.64. The zero-order valence-corrected chi connectivity index (χ0v) is 7.70. The highest BCUT2D eigenvalue weighted by molar-refractivity contribution is 7.80. The number of anilines is 1. The fourth-order valence-electron chi connectivity index (χ4n) is 0.799. The molecule has 1 aromatic carbocycles. The van der Waals surface area contributed by atoms with E-state index in [9.17, 15) is 0 Å². The van der Waals surface area contributed by atoms with Crippen molar-refractivity contribution in [2.24, 2.45) is 0 Å². The first kappa shape index (κ1) is 8.75. The van der Waals surface area contributed by atoms with E-state index in [1.54, 1.807) is 0 Å². The van der Waals surface area contributed by atoms with Crippen molar-refractivity contribution in [1.82, 2.24) is 0 Å². The summed E-state index contributed by atoms with van der Waals surface area (Å²) in [5, 5.41) is 3.93. The number of benzene rings is 1. The maximum atomic E-state index is 5.76. The van der Waals surface area contributed by atoms with Crippen LogP contribution in [0.2, 0.25) is 5.02 Å². The van der Waals surface area contributed by atoms with E-state index in [1.165, 1.54) is 0 Å². The quantitative estimate of drug-likeness (QED) is 0.694. The van der Waals surface area contributed by atoms with Gasteiger partial charge in [-0.3, -0.25) is 0 Å². The Hall–Kier alpha value is -0.340. The first-order chi connectivity index (χ1) is 5.33. The minimum Gasteiger partial charge on any atom is -0.384 e. The van der Waals surface area contributed by atoms with Crippen LogP contribution >= 0.6 is 24.2 Å². The summed E-state index contributed by atoms with van der Waals surface area (Å²) < 4.78 is 0. The average molecular weight is 188 g/mol. The molecule has 1 N–H and O–H groups in total. The summed E-state index contributed by atoms with van der Waals surface area (Å²) in [6.45, 7) is 0.865. The second-order valence-electron chi connectivity index (χ2n) is 2.16. The van der Waals surface area contributed by atoms with Gasteiger partial charge >= 0.3 is 0 Å². The van der Waals surface area contributed by atoms with Crippen LogP contribution in [0.1, 0.15) is 0 Å². The van der Waals surface area contributed by atoms with E-state index in [0.717, 1.165) is 23.0 Å². The zero-order chi connectivity index (χ0) is 8.10. The predicted molar refractivity (Wildman–Crippen MR) is 53.8 cm³/mol. The molecule has 0 unspecified atom stereocenters. The monoisotopic (exact) mass is 187 g/mol. The molecule has 0 saturated heterocycles. The highest BCUT2D eigenvalue weighted by Gasteiger charge is 1.90.